The van der Waals surface area contributed by atoms with Gasteiger partial charge in [0, 0.05) is 58.4 Å². The van der Waals surface area contributed by atoms with Crippen molar-refractivity contribution >= 4 is 39.2 Å². The highest BCUT2D eigenvalue weighted by Gasteiger charge is 2.33. The third kappa shape index (κ3) is 4.21. The first-order chi connectivity index (χ1) is 15.2. The molecular formula is C21H27N7O2S. The van der Waals surface area contributed by atoms with Crippen molar-refractivity contribution in [2.45, 2.75) is 25.7 Å². The molecule has 2 amide bonds. The SMILES string of the molecule is O=C([C@H]1CCCN(c2nnc(N3CCCC3=O)s2)C1)N1CCN(c2ccccn2)CC1. The molecule has 2 aromatic rings. The van der Waals surface area contributed by atoms with Gasteiger partial charge in [0.2, 0.25) is 22.1 Å². The molecule has 0 aliphatic carbocycles. The molecule has 1 atom stereocenters. The Labute approximate surface area is 185 Å². The first-order valence-corrected chi connectivity index (χ1v) is 11.8. The molecule has 164 valence electrons. The molecule has 0 N–H and O–H groups in total. The van der Waals surface area contributed by atoms with Crippen molar-refractivity contribution < 1.29 is 9.59 Å². The summed E-state index contributed by atoms with van der Waals surface area (Å²) in [5, 5.41) is 10.1. The molecule has 3 aliphatic heterocycles. The number of carbonyl (C=O) groups excluding carboxylic acids is 2. The highest BCUT2D eigenvalue weighted by molar-refractivity contribution is 7.19. The van der Waals surface area contributed by atoms with Crippen LogP contribution in [0.15, 0.2) is 24.4 Å². The van der Waals surface area contributed by atoms with Crippen LogP contribution in [-0.4, -0.2) is 77.7 Å². The fraction of sp³-hybridized carbons (Fsp3) is 0.571. The Hall–Kier alpha value is -2.75. The normalized spacial score (nSPS) is 22.3. The zero-order valence-electron chi connectivity index (χ0n) is 17.5. The van der Waals surface area contributed by atoms with E-state index < -0.39 is 0 Å². The topological polar surface area (TPSA) is 85.8 Å². The summed E-state index contributed by atoms with van der Waals surface area (Å²) in [5.74, 6) is 1.32. The minimum Gasteiger partial charge on any atom is -0.353 e. The van der Waals surface area contributed by atoms with Crippen LogP contribution in [0, 0.1) is 5.92 Å². The summed E-state index contributed by atoms with van der Waals surface area (Å²) in [6.07, 6.45) is 5.14. The van der Waals surface area contributed by atoms with E-state index in [9.17, 15) is 9.59 Å². The second-order valence-electron chi connectivity index (χ2n) is 8.30. The van der Waals surface area contributed by atoms with E-state index in [1.807, 2.05) is 29.3 Å². The fourth-order valence-corrected chi connectivity index (χ4v) is 5.53. The van der Waals surface area contributed by atoms with Crippen molar-refractivity contribution in [3.8, 4) is 0 Å². The van der Waals surface area contributed by atoms with Crippen molar-refractivity contribution in [1.82, 2.24) is 20.1 Å². The molecule has 0 saturated carbocycles. The average molecular weight is 442 g/mol. The molecule has 0 bridgehead atoms. The van der Waals surface area contributed by atoms with E-state index in [0.717, 1.165) is 69.5 Å². The van der Waals surface area contributed by atoms with Gasteiger partial charge in [-0.05, 0) is 31.4 Å². The number of carbonyl (C=O) groups is 2. The van der Waals surface area contributed by atoms with E-state index >= 15 is 0 Å². The molecular weight excluding hydrogens is 414 g/mol. The van der Waals surface area contributed by atoms with Crippen molar-refractivity contribution in [2.75, 3.05) is 60.5 Å². The zero-order valence-corrected chi connectivity index (χ0v) is 18.3. The Morgan fingerprint density at radius 3 is 2.55 bits per heavy atom. The lowest BCUT2D eigenvalue weighted by Gasteiger charge is -2.39. The van der Waals surface area contributed by atoms with E-state index in [2.05, 4.69) is 25.0 Å². The molecule has 0 aromatic carbocycles. The summed E-state index contributed by atoms with van der Waals surface area (Å²) in [4.78, 5) is 37.7. The van der Waals surface area contributed by atoms with Crippen molar-refractivity contribution in [3.05, 3.63) is 24.4 Å². The minimum atomic E-state index is -0.0177. The molecule has 9 nitrogen and oxygen atoms in total. The van der Waals surface area contributed by atoms with Gasteiger partial charge in [0.25, 0.3) is 0 Å². The quantitative estimate of drug-likeness (QED) is 0.713. The van der Waals surface area contributed by atoms with E-state index in [4.69, 9.17) is 0 Å². The van der Waals surface area contributed by atoms with Crippen LogP contribution in [0.4, 0.5) is 16.1 Å². The molecule has 3 fully saturated rings. The number of anilines is 3. The average Bonchev–Trinajstić information content (AvgIpc) is 3.48. The molecule has 2 aromatic heterocycles. The maximum absolute atomic E-state index is 13.2. The van der Waals surface area contributed by atoms with Gasteiger partial charge in [0.15, 0.2) is 0 Å². The maximum Gasteiger partial charge on any atom is 0.228 e. The Morgan fingerprint density at radius 1 is 0.968 bits per heavy atom. The standard InChI is InChI=1S/C21H27N7O2S/c29-18-7-4-10-28(18)21-24-23-20(31-21)27-9-3-5-16(15-27)19(30)26-13-11-25(12-14-26)17-6-1-2-8-22-17/h1-2,6,8,16H,3-5,7,9-15H2/t16-/m0/s1. The van der Waals surface area contributed by atoms with E-state index in [1.165, 1.54) is 11.3 Å². The van der Waals surface area contributed by atoms with Gasteiger partial charge in [0.05, 0.1) is 5.92 Å². The molecule has 0 radical (unpaired) electrons. The van der Waals surface area contributed by atoms with Gasteiger partial charge >= 0.3 is 0 Å². The van der Waals surface area contributed by atoms with Gasteiger partial charge in [-0.25, -0.2) is 4.98 Å². The summed E-state index contributed by atoms with van der Waals surface area (Å²) in [7, 11) is 0. The molecule has 5 heterocycles. The minimum absolute atomic E-state index is 0.0177. The lowest BCUT2D eigenvalue weighted by atomic mass is 9.96. The number of piperidine rings is 1. The Balaban J connectivity index is 1.18. The van der Waals surface area contributed by atoms with Crippen LogP contribution in [-0.2, 0) is 9.59 Å². The van der Waals surface area contributed by atoms with Gasteiger partial charge in [-0.15, -0.1) is 10.2 Å². The smallest absolute Gasteiger partial charge is 0.228 e. The van der Waals surface area contributed by atoms with Gasteiger partial charge in [-0.1, -0.05) is 17.4 Å². The number of hydrogen-bond donors (Lipinski definition) is 0. The number of amides is 2. The molecule has 31 heavy (non-hydrogen) atoms. The molecule has 5 rings (SSSR count). The van der Waals surface area contributed by atoms with Crippen LogP contribution >= 0.6 is 11.3 Å². The van der Waals surface area contributed by atoms with Crippen LogP contribution in [0.2, 0.25) is 0 Å². The predicted octanol–water partition coefficient (Wildman–Crippen LogP) is 1.63. The van der Waals surface area contributed by atoms with Gasteiger partial charge in [0.1, 0.15) is 5.82 Å². The van der Waals surface area contributed by atoms with Gasteiger partial charge in [-0.3, -0.25) is 14.5 Å². The highest BCUT2D eigenvalue weighted by atomic mass is 32.1. The number of pyridine rings is 1. The molecule has 10 heteroatoms. The van der Waals surface area contributed by atoms with Gasteiger partial charge < -0.3 is 14.7 Å². The summed E-state index contributed by atoms with van der Waals surface area (Å²) < 4.78 is 0. The summed E-state index contributed by atoms with van der Waals surface area (Å²) in [6.45, 7) is 5.34. The van der Waals surface area contributed by atoms with Crippen molar-refractivity contribution in [2.24, 2.45) is 5.92 Å². The number of piperazine rings is 1. The number of rotatable bonds is 4. The second kappa shape index (κ2) is 8.78. The molecule has 3 saturated heterocycles. The van der Waals surface area contributed by atoms with Crippen LogP contribution in [0.25, 0.3) is 0 Å². The van der Waals surface area contributed by atoms with E-state index in [1.54, 1.807) is 4.90 Å². The Morgan fingerprint density at radius 2 is 1.81 bits per heavy atom. The lowest BCUT2D eigenvalue weighted by Crippen LogP contribution is -2.52. The first-order valence-electron chi connectivity index (χ1n) is 11.0. The Kier molecular flexibility index (Phi) is 5.71. The van der Waals surface area contributed by atoms with Crippen LogP contribution < -0.4 is 14.7 Å². The monoisotopic (exact) mass is 441 g/mol. The molecule has 0 unspecified atom stereocenters. The highest BCUT2D eigenvalue weighted by Crippen LogP contribution is 2.32. The summed E-state index contributed by atoms with van der Waals surface area (Å²) in [5.41, 5.74) is 0. The summed E-state index contributed by atoms with van der Waals surface area (Å²) >= 11 is 1.46. The van der Waals surface area contributed by atoms with E-state index in [-0.39, 0.29) is 17.7 Å². The van der Waals surface area contributed by atoms with Crippen molar-refractivity contribution in [3.63, 3.8) is 0 Å². The van der Waals surface area contributed by atoms with E-state index in [0.29, 0.717) is 18.1 Å². The predicted molar refractivity (Wildman–Crippen MR) is 119 cm³/mol. The zero-order chi connectivity index (χ0) is 21.2. The van der Waals surface area contributed by atoms with Crippen molar-refractivity contribution in [1.29, 1.82) is 0 Å². The van der Waals surface area contributed by atoms with Crippen LogP contribution in [0.1, 0.15) is 25.7 Å². The third-order valence-electron chi connectivity index (χ3n) is 6.31. The molecule has 3 aliphatic rings. The fourth-order valence-electron chi connectivity index (χ4n) is 4.60. The summed E-state index contributed by atoms with van der Waals surface area (Å²) in [6, 6.07) is 5.93. The number of aromatic nitrogens is 3. The number of hydrogen-bond acceptors (Lipinski definition) is 8. The lowest BCUT2D eigenvalue weighted by molar-refractivity contribution is -0.136. The largest absolute Gasteiger partial charge is 0.353 e. The second-order valence-corrected chi connectivity index (χ2v) is 9.24. The maximum atomic E-state index is 13.2. The van der Waals surface area contributed by atoms with Crippen LogP contribution in [0.5, 0.6) is 0 Å². The third-order valence-corrected chi connectivity index (χ3v) is 7.32. The van der Waals surface area contributed by atoms with Crippen LogP contribution in [0.3, 0.4) is 0 Å². The Bertz CT molecular complexity index is 929. The number of nitrogens with zero attached hydrogens (tertiary/aromatic N) is 7. The first kappa shape index (κ1) is 20.2. The molecule has 0 spiro atoms. The van der Waals surface area contributed by atoms with Gasteiger partial charge in [-0.2, -0.15) is 0 Å².